The third kappa shape index (κ3) is 4.71. The fourth-order valence-electron chi connectivity index (χ4n) is 3.57. The molecule has 0 spiro atoms. The number of methoxy groups -OCH3 is 1. The molecule has 28 heavy (non-hydrogen) atoms. The molecule has 2 aromatic carbocycles. The Morgan fingerprint density at radius 1 is 1.04 bits per heavy atom. The van der Waals surface area contributed by atoms with Gasteiger partial charge in [0.2, 0.25) is 0 Å². The number of anilines is 1. The Morgan fingerprint density at radius 2 is 1.68 bits per heavy atom. The lowest BCUT2D eigenvalue weighted by Crippen LogP contribution is -2.52. The van der Waals surface area contributed by atoms with Gasteiger partial charge in [-0.25, -0.2) is 4.79 Å². The molecule has 150 valence electrons. The molecule has 1 atom stereocenters. The highest BCUT2D eigenvalue weighted by atomic mass is 35.5. The number of ether oxygens (including phenoxy) is 1. The number of carbonyl (C=O) groups is 1. The lowest BCUT2D eigenvalue weighted by atomic mass is 9.96. The van der Waals surface area contributed by atoms with E-state index < -0.39 is 0 Å². The molecule has 1 fully saturated rings. The van der Waals surface area contributed by atoms with Crippen LogP contribution in [-0.2, 0) is 0 Å². The van der Waals surface area contributed by atoms with Crippen molar-refractivity contribution in [2.75, 3.05) is 38.2 Å². The Bertz CT molecular complexity index is 787. The van der Waals surface area contributed by atoms with E-state index in [0.29, 0.717) is 18.1 Å². The van der Waals surface area contributed by atoms with Crippen LogP contribution in [0, 0.1) is 5.92 Å². The predicted molar refractivity (Wildman–Crippen MR) is 114 cm³/mol. The van der Waals surface area contributed by atoms with Crippen LogP contribution in [0.2, 0.25) is 5.02 Å². The molecule has 0 aromatic heterocycles. The van der Waals surface area contributed by atoms with Gasteiger partial charge >= 0.3 is 6.03 Å². The Kier molecular flexibility index (Phi) is 6.68. The lowest BCUT2D eigenvalue weighted by molar-refractivity contribution is 0.186. The summed E-state index contributed by atoms with van der Waals surface area (Å²) in [6.07, 6.45) is 0. The molecule has 2 amide bonds. The number of halogens is 1. The monoisotopic (exact) mass is 401 g/mol. The minimum Gasteiger partial charge on any atom is -0.495 e. The molecule has 2 aromatic rings. The summed E-state index contributed by atoms with van der Waals surface area (Å²) in [4.78, 5) is 17.0. The average molecular weight is 402 g/mol. The minimum atomic E-state index is -0.0444. The van der Waals surface area contributed by atoms with E-state index in [-0.39, 0.29) is 18.0 Å². The third-order valence-corrected chi connectivity index (χ3v) is 5.42. The maximum Gasteiger partial charge on any atom is 0.318 e. The van der Waals surface area contributed by atoms with E-state index in [1.807, 2.05) is 47.4 Å². The van der Waals surface area contributed by atoms with Gasteiger partial charge in [0.15, 0.2) is 0 Å². The molecular weight excluding hydrogens is 374 g/mol. The third-order valence-electron chi connectivity index (χ3n) is 5.17. The van der Waals surface area contributed by atoms with Crippen LogP contribution in [0.1, 0.15) is 25.5 Å². The molecule has 5 nitrogen and oxygen atoms in total. The quantitative estimate of drug-likeness (QED) is 0.797. The molecule has 0 radical (unpaired) electrons. The van der Waals surface area contributed by atoms with Crippen molar-refractivity contribution in [1.82, 2.24) is 10.2 Å². The van der Waals surface area contributed by atoms with Gasteiger partial charge in [0, 0.05) is 31.2 Å². The largest absolute Gasteiger partial charge is 0.495 e. The molecule has 6 heteroatoms. The van der Waals surface area contributed by atoms with Gasteiger partial charge in [0.05, 0.1) is 18.8 Å². The molecule has 1 heterocycles. The van der Waals surface area contributed by atoms with Crippen molar-refractivity contribution < 1.29 is 9.53 Å². The SMILES string of the molecule is COc1ccccc1N1CCN(C(=O)NC(c2ccc(Cl)cc2)C(C)C)CC1. The zero-order valence-corrected chi connectivity index (χ0v) is 17.4. The predicted octanol–water partition coefficient (Wildman–Crippen LogP) is 4.58. The lowest BCUT2D eigenvalue weighted by Gasteiger charge is -2.37. The average Bonchev–Trinajstić information content (AvgIpc) is 2.72. The Labute approximate surface area is 172 Å². The topological polar surface area (TPSA) is 44.8 Å². The normalized spacial score (nSPS) is 15.5. The van der Waals surface area contributed by atoms with E-state index in [2.05, 4.69) is 30.1 Å². The van der Waals surface area contributed by atoms with E-state index in [1.165, 1.54) is 0 Å². The zero-order chi connectivity index (χ0) is 20.1. The first-order valence-electron chi connectivity index (χ1n) is 9.68. The van der Waals surface area contributed by atoms with Gasteiger partial charge in [0.25, 0.3) is 0 Å². The first kappa shape index (κ1) is 20.3. The van der Waals surface area contributed by atoms with E-state index in [1.54, 1.807) is 7.11 Å². The molecule has 1 aliphatic rings. The molecule has 1 N–H and O–H groups in total. The van der Waals surface area contributed by atoms with Crippen LogP contribution in [0.25, 0.3) is 0 Å². The fraction of sp³-hybridized carbons (Fsp3) is 0.409. The number of amides is 2. The summed E-state index contributed by atoms with van der Waals surface area (Å²) in [6, 6.07) is 15.6. The highest BCUT2D eigenvalue weighted by Crippen LogP contribution is 2.28. The molecule has 1 saturated heterocycles. The van der Waals surface area contributed by atoms with E-state index in [0.717, 1.165) is 30.1 Å². The maximum atomic E-state index is 12.9. The highest BCUT2D eigenvalue weighted by molar-refractivity contribution is 6.30. The number of rotatable bonds is 5. The van der Waals surface area contributed by atoms with Crippen LogP contribution in [0.4, 0.5) is 10.5 Å². The summed E-state index contributed by atoms with van der Waals surface area (Å²) >= 11 is 6.00. The first-order valence-corrected chi connectivity index (χ1v) is 10.1. The van der Waals surface area contributed by atoms with Crippen molar-refractivity contribution >= 4 is 23.3 Å². The van der Waals surface area contributed by atoms with Gasteiger partial charge < -0.3 is 19.9 Å². The summed E-state index contributed by atoms with van der Waals surface area (Å²) in [5.41, 5.74) is 2.15. The number of hydrogen-bond acceptors (Lipinski definition) is 3. The summed E-state index contributed by atoms with van der Waals surface area (Å²) < 4.78 is 5.47. The van der Waals surface area contributed by atoms with Gasteiger partial charge in [-0.05, 0) is 35.7 Å². The van der Waals surface area contributed by atoms with Crippen LogP contribution >= 0.6 is 11.6 Å². The summed E-state index contributed by atoms with van der Waals surface area (Å²) in [5.74, 6) is 1.14. The van der Waals surface area contributed by atoms with Crippen LogP contribution in [0.5, 0.6) is 5.75 Å². The smallest absolute Gasteiger partial charge is 0.318 e. The van der Waals surface area contributed by atoms with Gasteiger partial charge in [-0.2, -0.15) is 0 Å². The summed E-state index contributed by atoms with van der Waals surface area (Å²) in [7, 11) is 1.69. The van der Waals surface area contributed by atoms with Crippen LogP contribution in [0.15, 0.2) is 48.5 Å². The zero-order valence-electron chi connectivity index (χ0n) is 16.7. The Balaban J connectivity index is 1.62. The molecular formula is C22H28ClN3O2. The second-order valence-electron chi connectivity index (χ2n) is 7.37. The number of nitrogens with one attached hydrogen (secondary N) is 1. The number of carbonyl (C=O) groups excluding carboxylic acids is 1. The van der Waals surface area contributed by atoms with Crippen molar-refractivity contribution in [3.63, 3.8) is 0 Å². The van der Waals surface area contributed by atoms with Crippen molar-refractivity contribution in [2.45, 2.75) is 19.9 Å². The van der Waals surface area contributed by atoms with E-state index >= 15 is 0 Å². The van der Waals surface area contributed by atoms with Crippen LogP contribution in [0.3, 0.4) is 0 Å². The number of benzene rings is 2. The summed E-state index contributed by atoms with van der Waals surface area (Å²) in [6.45, 7) is 7.13. The van der Waals surface area contributed by atoms with E-state index in [4.69, 9.17) is 16.3 Å². The molecule has 1 unspecified atom stereocenters. The van der Waals surface area contributed by atoms with Crippen molar-refractivity contribution in [3.8, 4) is 5.75 Å². The number of piperazine rings is 1. The van der Waals surface area contributed by atoms with Gasteiger partial charge in [-0.15, -0.1) is 0 Å². The van der Waals surface area contributed by atoms with Gasteiger partial charge in [0.1, 0.15) is 5.75 Å². The maximum absolute atomic E-state index is 12.9. The number of para-hydroxylation sites is 2. The van der Waals surface area contributed by atoms with Crippen LogP contribution < -0.4 is 15.0 Å². The Hall–Kier alpha value is -2.40. The molecule has 0 aliphatic carbocycles. The fourth-order valence-corrected chi connectivity index (χ4v) is 3.70. The molecule has 0 saturated carbocycles. The summed E-state index contributed by atoms with van der Waals surface area (Å²) in [5, 5.41) is 3.90. The second-order valence-corrected chi connectivity index (χ2v) is 7.81. The molecule has 1 aliphatic heterocycles. The highest BCUT2D eigenvalue weighted by Gasteiger charge is 2.26. The van der Waals surface area contributed by atoms with Crippen molar-refractivity contribution in [1.29, 1.82) is 0 Å². The van der Waals surface area contributed by atoms with Crippen molar-refractivity contribution in [3.05, 3.63) is 59.1 Å². The second kappa shape index (κ2) is 9.20. The van der Waals surface area contributed by atoms with Crippen molar-refractivity contribution in [2.24, 2.45) is 5.92 Å². The first-order chi connectivity index (χ1) is 13.5. The standard InChI is InChI=1S/C22H28ClN3O2/c1-16(2)21(17-8-10-18(23)11-9-17)24-22(27)26-14-12-25(13-15-26)19-6-4-5-7-20(19)28-3/h4-11,16,21H,12-15H2,1-3H3,(H,24,27). The Morgan fingerprint density at radius 3 is 2.29 bits per heavy atom. The molecule has 0 bridgehead atoms. The number of urea groups is 1. The van der Waals surface area contributed by atoms with E-state index in [9.17, 15) is 4.79 Å². The van der Waals surface area contributed by atoms with Crippen LogP contribution in [-0.4, -0.2) is 44.2 Å². The minimum absolute atomic E-state index is 0.0201. The van der Waals surface area contributed by atoms with Gasteiger partial charge in [-0.1, -0.05) is 49.7 Å². The molecule has 3 rings (SSSR count). The van der Waals surface area contributed by atoms with Gasteiger partial charge in [-0.3, -0.25) is 0 Å². The number of nitrogens with zero attached hydrogens (tertiary/aromatic N) is 2. The number of hydrogen-bond donors (Lipinski definition) is 1.